The van der Waals surface area contributed by atoms with Crippen LogP contribution in [0.5, 0.6) is 11.6 Å². The Bertz CT molecular complexity index is 614. The highest BCUT2D eigenvalue weighted by Crippen LogP contribution is 2.29. The molecule has 0 unspecified atom stereocenters. The van der Waals surface area contributed by atoms with Gasteiger partial charge in [0, 0.05) is 7.05 Å². The number of ether oxygens (including phenoxy) is 1. The molecule has 19 heavy (non-hydrogen) atoms. The fourth-order valence-corrected chi connectivity index (χ4v) is 1.78. The van der Waals surface area contributed by atoms with E-state index < -0.39 is 0 Å². The Labute approximate surface area is 111 Å². The van der Waals surface area contributed by atoms with Gasteiger partial charge in [-0.2, -0.15) is 4.98 Å². The molecule has 1 N–H and O–H groups in total. The number of anilines is 1. The lowest BCUT2D eigenvalue weighted by molar-refractivity contribution is 0.451. The molecule has 1 aromatic carbocycles. The van der Waals surface area contributed by atoms with Crippen LogP contribution in [-0.2, 0) is 0 Å². The van der Waals surface area contributed by atoms with Gasteiger partial charge in [0.15, 0.2) is 0 Å². The summed E-state index contributed by atoms with van der Waals surface area (Å²) >= 11 is 0. The summed E-state index contributed by atoms with van der Waals surface area (Å²) in [6.45, 7) is 5.46. The second kappa shape index (κ2) is 5.22. The van der Waals surface area contributed by atoms with Crippen molar-refractivity contribution in [3.63, 3.8) is 0 Å². The number of hydrogen-bond donors (Lipinski definition) is 1. The lowest BCUT2D eigenvalue weighted by Crippen LogP contribution is -2.03. The Kier molecular flexibility index (Phi) is 3.64. The van der Waals surface area contributed by atoms with Gasteiger partial charge in [-0.15, -0.1) is 0 Å². The molecule has 0 saturated heterocycles. The van der Waals surface area contributed by atoms with Crippen LogP contribution < -0.4 is 10.1 Å². The normalized spacial score (nSPS) is 10.4. The Morgan fingerprint density at radius 1 is 1.16 bits per heavy atom. The molecule has 0 spiro atoms. The molecule has 4 nitrogen and oxygen atoms in total. The van der Waals surface area contributed by atoms with Gasteiger partial charge in [0.05, 0.1) is 5.56 Å². The molecule has 0 atom stereocenters. The van der Waals surface area contributed by atoms with Gasteiger partial charge < -0.3 is 10.1 Å². The summed E-state index contributed by atoms with van der Waals surface area (Å²) in [6, 6.07) is 4.39. The average molecular weight is 261 g/mol. The van der Waals surface area contributed by atoms with Crippen molar-refractivity contribution in [1.29, 1.82) is 0 Å². The molecule has 0 amide bonds. The van der Waals surface area contributed by atoms with E-state index in [2.05, 4.69) is 15.3 Å². The second-order valence-corrected chi connectivity index (χ2v) is 4.31. The van der Waals surface area contributed by atoms with Crippen LogP contribution in [0.25, 0.3) is 0 Å². The summed E-state index contributed by atoms with van der Waals surface area (Å²) in [5, 5.41) is 2.99. The van der Waals surface area contributed by atoms with E-state index >= 15 is 0 Å². The smallest absolute Gasteiger partial charge is 0.227 e. The van der Waals surface area contributed by atoms with E-state index in [1.807, 2.05) is 6.92 Å². The zero-order chi connectivity index (χ0) is 14.0. The van der Waals surface area contributed by atoms with E-state index in [1.54, 1.807) is 27.0 Å². The van der Waals surface area contributed by atoms with Gasteiger partial charge in [0.2, 0.25) is 5.88 Å². The van der Waals surface area contributed by atoms with Gasteiger partial charge in [-0.05, 0) is 44.5 Å². The van der Waals surface area contributed by atoms with Crippen LogP contribution in [0.3, 0.4) is 0 Å². The van der Waals surface area contributed by atoms with Crippen LogP contribution in [-0.4, -0.2) is 17.0 Å². The number of aromatic nitrogens is 2. The van der Waals surface area contributed by atoms with Crippen molar-refractivity contribution in [2.24, 2.45) is 0 Å². The Morgan fingerprint density at radius 3 is 2.53 bits per heavy atom. The average Bonchev–Trinajstić information content (AvgIpc) is 2.36. The number of benzene rings is 1. The third kappa shape index (κ3) is 2.81. The first-order valence-electron chi connectivity index (χ1n) is 5.98. The van der Waals surface area contributed by atoms with Crippen molar-refractivity contribution in [3.8, 4) is 11.6 Å². The Hall–Kier alpha value is -2.17. The predicted molar refractivity (Wildman–Crippen MR) is 72.3 cm³/mol. The van der Waals surface area contributed by atoms with Crippen molar-refractivity contribution in [2.75, 3.05) is 12.4 Å². The van der Waals surface area contributed by atoms with Crippen LogP contribution in [0.2, 0.25) is 0 Å². The quantitative estimate of drug-likeness (QED) is 0.920. The molecule has 1 heterocycles. The molecule has 0 aliphatic rings. The Balaban J connectivity index is 2.40. The van der Waals surface area contributed by atoms with Gasteiger partial charge in [-0.3, -0.25) is 0 Å². The number of halogens is 1. The van der Waals surface area contributed by atoms with Crippen molar-refractivity contribution in [3.05, 3.63) is 41.0 Å². The monoisotopic (exact) mass is 261 g/mol. The van der Waals surface area contributed by atoms with Crippen LogP contribution in [0.1, 0.15) is 17.0 Å². The molecular weight excluding hydrogens is 245 g/mol. The number of rotatable bonds is 3. The molecular formula is C14H16FN3O. The Morgan fingerprint density at radius 2 is 1.89 bits per heavy atom. The third-order valence-corrected chi connectivity index (χ3v) is 2.79. The molecule has 0 aliphatic carbocycles. The van der Waals surface area contributed by atoms with Crippen molar-refractivity contribution >= 4 is 5.82 Å². The first kappa shape index (κ1) is 13.3. The molecule has 2 aromatic rings. The highest BCUT2D eigenvalue weighted by molar-refractivity contribution is 5.49. The van der Waals surface area contributed by atoms with Crippen LogP contribution in [0, 0.1) is 26.6 Å². The molecule has 1 aromatic heterocycles. The van der Waals surface area contributed by atoms with Gasteiger partial charge in [0.1, 0.15) is 23.2 Å². The maximum Gasteiger partial charge on any atom is 0.227 e. The standard InChI is InChI=1S/C14H16FN3O/c1-8-7-11(15)5-6-12(8)19-14-9(2)13(16-4)17-10(3)18-14/h5-7H,1-4H3,(H,16,17,18). The summed E-state index contributed by atoms with van der Waals surface area (Å²) in [5.74, 6) is 2.12. The highest BCUT2D eigenvalue weighted by atomic mass is 19.1. The molecule has 0 aliphatic heterocycles. The van der Waals surface area contributed by atoms with Crippen LogP contribution >= 0.6 is 0 Å². The molecule has 0 fully saturated rings. The van der Waals surface area contributed by atoms with Crippen molar-refractivity contribution < 1.29 is 9.13 Å². The second-order valence-electron chi connectivity index (χ2n) is 4.31. The van der Waals surface area contributed by atoms with Crippen molar-refractivity contribution in [1.82, 2.24) is 9.97 Å². The minimum Gasteiger partial charge on any atom is -0.438 e. The first-order chi connectivity index (χ1) is 9.01. The third-order valence-electron chi connectivity index (χ3n) is 2.79. The van der Waals surface area contributed by atoms with E-state index in [4.69, 9.17) is 4.74 Å². The predicted octanol–water partition coefficient (Wildman–Crippen LogP) is 3.37. The van der Waals surface area contributed by atoms with E-state index in [0.29, 0.717) is 17.5 Å². The minimum atomic E-state index is -0.281. The molecule has 100 valence electrons. The highest BCUT2D eigenvalue weighted by Gasteiger charge is 2.11. The maximum atomic E-state index is 13.1. The van der Waals surface area contributed by atoms with E-state index in [1.165, 1.54) is 12.1 Å². The van der Waals surface area contributed by atoms with E-state index in [0.717, 1.165) is 16.9 Å². The summed E-state index contributed by atoms with van der Waals surface area (Å²) < 4.78 is 18.8. The molecule has 0 radical (unpaired) electrons. The number of nitrogens with one attached hydrogen (secondary N) is 1. The van der Waals surface area contributed by atoms with Gasteiger partial charge >= 0.3 is 0 Å². The van der Waals surface area contributed by atoms with Crippen molar-refractivity contribution in [2.45, 2.75) is 20.8 Å². The summed E-state index contributed by atoms with van der Waals surface area (Å²) in [7, 11) is 1.79. The molecule has 0 saturated carbocycles. The van der Waals surface area contributed by atoms with Gasteiger partial charge in [-0.1, -0.05) is 0 Å². The fourth-order valence-electron chi connectivity index (χ4n) is 1.78. The zero-order valence-electron chi connectivity index (χ0n) is 11.4. The number of nitrogens with zero attached hydrogens (tertiary/aromatic N) is 2. The summed E-state index contributed by atoms with van der Waals surface area (Å²) in [5.41, 5.74) is 1.54. The molecule has 0 bridgehead atoms. The topological polar surface area (TPSA) is 47.0 Å². The SMILES string of the molecule is CNc1nc(C)nc(Oc2ccc(F)cc2C)c1C. The zero-order valence-corrected chi connectivity index (χ0v) is 11.4. The molecule has 5 heteroatoms. The van der Waals surface area contributed by atoms with Gasteiger partial charge in [0.25, 0.3) is 0 Å². The van der Waals surface area contributed by atoms with Crippen LogP contribution in [0.15, 0.2) is 18.2 Å². The maximum absolute atomic E-state index is 13.1. The van der Waals surface area contributed by atoms with E-state index in [9.17, 15) is 4.39 Å². The lowest BCUT2D eigenvalue weighted by Gasteiger charge is -2.13. The lowest BCUT2D eigenvalue weighted by atomic mass is 10.2. The van der Waals surface area contributed by atoms with E-state index in [-0.39, 0.29) is 5.82 Å². The minimum absolute atomic E-state index is 0.281. The van der Waals surface area contributed by atoms with Crippen LogP contribution in [0.4, 0.5) is 10.2 Å². The summed E-state index contributed by atoms with van der Waals surface area (Å²) in [4.78, 5) is 8.54. The first-order valence-corrected chi connectivity index (χ1v) is 5.98. The number of aryl methyl sites for hydroxylation is 2. The largest absolute Gasteiger partial charge is 0.438 e. The fraction of sp³-hybridized carbons (Fsp3) is 0.286. The van der Waals surface area contributed by atoms with Gasteiger partial charge in [-0.25, -0.2) is 9.37 Å². The summed E-state index contributed by atoms with van der Waals surface area (Å²) in [6.07, 6.45) is 0. The number of hydrogen-bond acceptors (Lipinski definition) is 4. The molecule has 2 rings (SSSR count).